The van der Waals surface area contributed by atoms with E-state index >= 15 is 0 Å². The van der Waals surface area contributed by atoms with Crippen LogP contribution in [-0.4, -0.2) is 49.7 Å². The summed E-state index contributed by atoms with van der Waals surface area (Å²) in [7, 11) is 4.32. The molecule has 0 radical (unpaired) electrons. The summed E-state index contributed by atoms with van der Waals surface area (Å²) in [6, 6.07) is 4.36. The Morgan fingerprint density at radius 1 is 1.40 bits per heavy atom. The van der Waals surface area contributed by atoms with Crippen LogP contribution in [0.15, 0.2) is 18.3 Å². The van der Waals surface area contributed by atoms with Crippen LogP contribution in [0.25, 0.3) is 0 Å². The molecule has 20 heavy (non-hydrogen) atoms. The number of pyridine rings is 1. The Hall–Kier alpha value is -1.13. The maximum atomic E-state index is 5.95. The maximum absolute atomic E-state index is 5.95. The average molecular weight is 276 g/mol. The average Bonchev–Trinajstić information content (AvgIpc) is 2.39. The van der Waals surface area contributed by atoms with Crippen molar-refractivity contribution >= 4 is 5.82 Å². The van der Waals surface area contributed by atoms with Crippen molar-refractivity contribution in [2.75, 3.05) is 38.6 Å². The Labute approximate surface area is 123 Å². The van der Waals surface area contributed by atoms with Gasteiger partial charge in [0.05, 0.1) is 0 Å². The van der Waals surface area contributed by atoms with Crippen LogP contribution in [0.5, 0.6) is 0 Å². The number of nitrogens with two attached hydrogens (primary N) is 1. The van der Waals surface area contributed by atoms with E-state index in [2.05, 4.69) is 41.9 Å². The topological polar surface area (TPSA) is 45.4 Å². The van der Waals surface area contributed by atoms with Crippen LogP contribution < -0.4 is 10.6 Å². The van der Waals surface area contributed by atoms with Gasteiger partial charge in [0, 0.05) is 31.9 Å². The monoisotopic (exact) mass is 276 g/mol. The molecule has 0 spiro atoms. The van der Waals surface area contributed by atoms with Crippen molar-refractivity contribution in [1.29, 1.82) is 0 Å². The third kappa shape index (κ3) is 4.18. The van der Waals surface area contributed by atoms with Gasteiger partial charge in [-0.2, -0.15) is 0 Å². The number of hydrogen-bond acceptors (Lipinski definition) is 4. The summed E-state index contributed by atoms with van der Waals surface area (Å²) in [4.78, 5) is 9.33. The fourth-order valence-corrected chi connectivity index (χ4v) is 3.06. The van der Waals surface area contributed by atoms with Crippen molar-refractivity contribution in [3.63, 3.8) is 0 Å². The summed E-state index contributed by atoms with van der Waals surface area (Å²) in [6.07, 6.45) is 5.31. The first kappa shape index (κ1) is 15.3. The van der Waals surface area contributed by atoms with Gasteiger partial charge >= 0.3 is 0 Å². The molecule has 0 saturated carbocycles. The van der Waals surface area contributed by atoms with E-state index < -0.39 is 0 Å². The molecular formula is C16H28N4. The zero-order valence-corrected chi connectivity index (χ0v) is 13.0. The standard InChI is InChI=1S/C16H28N4/c1-13(17)11-15-5-4-8-18-16(15)20-9-6-14(7-10-20)12-19(2)3/h4-5,8,13-14H,6-7,9-12,17H2,1-3H3. The van der Waals surface area contributed by atoms with Gasteiger partial charge in [0.25, 0.3) is 0 Å². The molecule has 112 valence electrons. The van der Waals surface area contributed by atoms with Gasteiger partial charge in [-0.05, 0) is 57.8 Å². The van der Waals surface area contributed by atoms with Crippen LogP contribution in [0.4, 0.5) is 5.82 Å². The van der Waals surface area contributed by atoms with Crippen molar-refractivity contribution in [2.24, 2.45) is 11.7 Å². The minimum absolute atomic E-state index is 0.184. The quantitative estimate of drug-likeness (QED) is 0.890. The molecule has 2 N–H and O–H groups in total. The molecule has 1 fully saturated rings. The Morgan fingerprint density at radius 3 is 2.70 bits per heavy atom. The zero-order chi connectivity index (χ0) is 14.5. The summed E-state index contributed by atoms with van der Waals surface area (Å²) in [6.45, 7) is 5.48. The van der Waals surface area contributed by atoms with Gasteiger partial charge in [0.15, 0.2) is 0 Å². The highest BCUT2D eigenvalue weighted by Gasteiger charge is 2.22. The summed E-state index contributed by atoms with van der Waals surface area (Å²) in [5.74, 6) is 1.97. The Bertz CT molecular complexity index is 409. The van der Waals surface area contributed by atoms with Crippen LogP contribution in [0.3, 0.4) is 0 Å². The second-order valence-electron chi connectivity index (χ2n) is 6.36. The van der Waals surface area contributed by atoms with Crippen molar-refractivity contribution in [3.8, 4) is 0 Å². The molecule has 1 aromatic heterocycles. The smallest absolute Gasteiger partial charge is 0.131 e. The Kier molecular flexibility index (Phi) is 5.38. The molecule has 0 aromatic carbocycles. The molecule has 1 aliphatic heterocycles. The van der Waals surface area contributed by atoms with Crippen LogP contribution >= 0.6 is 0 Å². The van der Waals surface area contributed by atoms with Gasteiger partial charge in [0.1, 0.15) is 5.82 Å². The lowest BCUT2D eigenvalue weighted by molar-refractivity contribution is 0.284. The van der Waals surface area contributed by atoms with E-state index in [1.807, 2.05) is 12.3 Å². The summed E-state index contributed by atoms with van der Waals surface area (Å²) >= 11 is 0. The molecule has 0 aliphatic carbocycles. The van der Waals surface area contributed by atoms with Crippen molar-refractivity contribution in [2.45, 2.75) is 32.2 Å². The molecule has 2 heterocycles. The fourth-order valence-electron chi connectivity index (χ4n) is 3.06. The number of piperidine rings is 1. The van der Waals surface area contributed by atoms with E-state index in [9.17, 15) is 0 Å². The first-order valence-corrected chi connectivity index (χ1v) is 7.65. The van der Waals surface area contributed by atoms with E-state index in [4.69, 9.17) is 5.73 Å². The number of anilines is 1. The van der Waals surface area contributed by atoms with Gasteiger partial charge in [-0.3, -0.25) is 0 Å². The fraction of sp³-hybridized carbons (Fsp3) is 0.688. The molecule has 4 heteroatoms. The maximum Gasteiger partial charge on any atom is 0.131 e. The summed E-state index contributed by atoms with van der Waals surface area (Å²) in [5, 5.41) is 0. The lowest BCUT2D eigenvalue weighted by Gasteiger charge is -2.35. The highest BCUT2D eigenvalue weighted by molar-refractivity contribution is 5.47. The largest absolute Gasteiger partial charge is 0.356 e. The molecule has 1 saturated heterocycles. The van der Waals surface area contributed by atoms with Crippen molar-refractivity contribution in [3.05, 3.63) is 23.9 Å². The van der Waals surface area contributed by atoms with Crippen molar-refractivity contribution in [1.82, 2.24) is 9.88 Å². The highest BCUT2D eigenvalue weighted by Crippen LogP contribution is 2.25. The highest BCUT2D eigenvalue weighted by atomic mass is 15.2. The van der Waals surface area contributed by atoms with Crippen molar-refractivity contribution < 1.29 is 0 Å². The van der Waals surface area contributed by atoms with Crippen LogP contribution in [0.1, 0.15) is 25.3 Å². The van der Waals surface area contributed by atoms with Gasteiger partial charge in [0.2, 0.25) is 0 Å². The van der Waals surface area contributed by atoms with E-state index in [-0.39, 0.29) is 6.04 Å². The van der Waals surface area contributed by atoms with Gasteiger partial charge < -0.3 is 15.5 Å². The molecule has 4 nitrogen and oxygen atoms in total. The number of rotatable bonds is 5. The normalized spacial score (nSPS) is 18.6. The third-order valence-electron chi connectivity index (χ3n) is 3.95. The molecule has 0 amide bonds. The van der Waals surface area contributed by atoms with Crippen LogP contribution in [-0.2, 0) is 6.42 Å². The summed E-state index contributed by atoms with van der Waals surface area (Å²) < 4.78 is 0. The molecule has 1 aliphatic rings. The first-order chi connectivity index (χ1) is 9.56. The molecule has 1 atom stereocenters. The second kappa shape index (κ2) is 7.04. The first-order valence-electron chi connectivity index (χ1n) is 7.65. The Morgan fingerprint density at radius 2 is 2.10 bits per heavy atom. The molecule has 1 aromatic rings. The second-order valence-corrected chi connectivity index (χ2v) is 6.36. The lowest BCUT2D eigenvalue weighted by Crippen LogP contribution is -2.38. The summed E-state index contributed by atoms with van der Waals surface area (Å²) in [5.41, 5.74) is 7.23. The van der Waals surface area contributed by atoms with E-state index in [0.717, 1.165) is 31.2 Å². The molecular weight excluding hydrogens is 248 g/mol. The number of aromatic nitrogens is 1. The lowest BCUT2D eigenvalue weighted by atomic mass is 9.96. The van der Waals surface area contributed by atoms with E-state index in [1.165, 1.54) is 24.9 Å². The zero-order valence-electron chi connectivity index (χ0n) is 13.0. The predicted molar refractivity (Wildman–Crippen MR) is 85.1 cm³/mol. The predicted octanol–water partition coefficient (Wildman–Crippen LogP) is 1.75. The minimum Gasteiger partial charge on any atom is -0.356 e. The Balaban J connectivity index is 1.99. The third-order valence-corrected chi connectivity index (χ3v) is 3.95. The van der Waals surface area contributed by atoms with Gasteiger partial charge in [-0.15, -0.1) is 0 Å². The van der Waals surface area contributed by atoms with E-state index in [0.29, 0.717) is 0 Å². The van der Waals surface area contributed by atoms with Crippen LogP contribution in [0.2, 0.25) is 0 Å². The number of hydrogen-bond donors (Lipinski definition) is 1. The van der Waals surface area contributed by atoms with E-state index in [1.54, 1.807) is 0 Å². The molecule has 1 unspecified atom stereocenters. The molecule has 0 bridgehead atoms. The minimum atomic E-state index is 0.184. The van der Waals surface area contributed by atoms with Gasteiger partial charge in [-0.1, -0.05) is 6.07 Å². The molecule has 2 rings (SSSR count). The SMILES string of the molecule is CC(N)Cc1cccnc1N1CCC(CN(C)C)CC1. The van der Waals surface area contributed by atoms with Crippen LogP contribution in [0, 0.1) is 5.92 Å². The van der Waals surface area contributed by atoms with Gasteiger partial charge in [-0.25, -0.2) is 4.98 Å². The number of nitrogens with zero attached hydrogens (tertiary/aromatic N) is 3.